The fraction of sp³-hybridized carbons (Fsp3) is 0.231. The lowest BCUT2D eigenvalue weighted by atomic mass is 10.0. The van der Waals surface area contributed by atoms with Crippen LogP contribution in [0.2, 0.25) is 10.0 Å². The normalized spacial score (nSPS) is 12.0. The highest BCUT2D eigenvalue weighted by Crippen LogP contribution is 2.28. The number of carbonyl (C=O) groups is 2. The molecule has 1 N–H and O–H groups in total. The Morgan fingerprint density at radius 1 is 0.946 bits per heavy atom. The monoisotopic (exact) mass is 565 g/mol. The summed E-state index contributed by atoms with van der Waals surface area (Å²) in [6.07, 6.45) is 1.01. The minimum Gasteiger partial charge on any atom is -0.357 e. The summed E-state index contributed by atoms with van der Waals surface area (Å²) in [6.45, 7) is -0.929. The second-order valence-corrected chi connectivity index (χ2v) is 11.0. The van der Waals surface area contributed by atoms with E-state index < -0.39 is 40.2 Å². The van der Waals surface area contributed by atoms with Gasteiger partial charge < -0.3 is 10.2 Å². The van der Waals surface area contributed by atoms with Crippen LogP contribution in [0.1, 0.15) is 11.1 Å². The molecule has 1 atom stereocenters. The summed E-state index contributed by atoms with van der Waals surface area (Å²) in [5, 5.41) is 3.12. The van der Waals surface area contributed by atoms with Crippen molar-refractivity contribution in [2.45, 2.75) is 19.0 Å². The van der Waals surface area contributed by atoms with Gasteiger partial charge in [0.25, 0.3) is 0 Å². The van der Waals surface area contributed by atoms with Gasteiger partial charge in [0.15, 0.2) is 0 Å². The van der Waals surface area contributed by atoms with E-state index in [1.54, 1.807) is 30.3 Å². The summed E-state index contributed by atoms with van der Waals surface area (Å²) < 4.78 is 40.5. The Labute approximate surface area is 225 Å². The maximum atomic E-state index is 14.6. The Kier molecular flexibility index (Phi) is 9.53. The number of amides is 2. The van der Waals surface area contributed by atoms with Crippen LogP contribution in [0.15, 0.2) is 72.8 Å². The van der Waals surface area contributed by atoms with E-state index in [0.29, 0.717) is 9.87 Å². The van der Waals surface area contributed by atoms with Gasteiger partial charge in [-0.2, -0.15) is 0 Å². The molecule has 2 amide bonds. The molecule has 0 saturated carbocycles. The molecule has 0 aromatic heterocycles. The average Bonchev–Trinajstić information content (AvgIpc) is 2.86. The highest BCUT2D eigenvalue weighted by atomic mass is 35.5. The molecule has 3 aromatic carbocycles. The van der Waals surface area contributed by atoms with Gasteiger partial charge in [-0.1, -0.05) is 71.7 Å². The molecule has 7 nitrogen and oxygen atoms in total. The lowest BCUT2D eigenvalue weighted by molar-refractivity contribution is -0.139. The summed E-state index contributed by atoms with van der Waals surface area (Å²) in [5.74, 6) is -2.03. The van der Waals surface area contributed by atoms with Crippen molar-refractivity contribution in [2.24, 2.45) is 0 Å². The van der Waals surface area contributed by atoms with Crippen molar-refractivity contribution in [2.75, 3.05) is 24.2 Å². The predicted octanol–water partition coefficient (Wildman–Crippen LogP) is 4.28. The standard InChI is InChI=1S/C26H26Cl2FN3O4S/c1-30-26(34)24(15-18-9-4-3-5-10-18)31(16-19-20(27)11-8-12-21(19)28)25(33)17-32(37(2,35)36)23-14-7-6-13-22(23)29/h3-14,24H,15-17H2,1-2H3,(H,30,34). The third-order valence-electron chi connectivity index (χ3n) is 5.71. The molecule has 3 aromatic rings. The lowest BCUT2D eigenvalue weighted by Gasteiger charge is -2.33. The summed E-state index contributed by atoms with van der Waals surface area (Å²) >= 11 is 12.7. The van der Waals surface area contributed by atoms with Crippen LogP contribution in [0.5, 0.6) is 0 Å². The molecule has 0 aliphatic rings. The van der Waals surface area contributed by atoms with E-state index in [-0.39, 0.29) is 28.7 Å². The Hall–Kier alpha value is -3.14. The molecule has 11 heteroatoms. The Balaban J connectivity index is 2.08. The number of sulfonamides is 1. The summed E-state index contributed by atoms with van der Waals surface area (Å²) in [6, 6.07) is 18.1. The van der Waals surface area contributed by atoms with Gasteiger partial charge in [0, 0.05) is 35.6 Å². The lowest BCUT2D eigenvalue weighted by Crippen LogP contribution is -2.53. The summed E-state index contributed by atoms with van der Waals surface area (Å²) in [7, 11) is -2.64. The van der Waals surface area contributed by atoms with Crippen LogP contribution in [-0.2, 0) is 32.6 Å². The van der Waals surface area contributed by atoms with Crippen LogP contribution in [0, 0.1) is 5.82 Å². The van der Waals surface area contributed by atoms with Gasteiger partial charge in [-0.15, -0.1) is 0 Å². The number of halogens is 3. The molecule has 0 aliphatic heterocycles. The molecule has 0 fully saturated rings. The minimum atomic E-state index is -4.08. The smallest absolute Gasteiger partial charge is 0.244 e. The zero-order valence-electron chi connectivity index (χ0n) is 20.2. The number of hydrogen-bond donors (Lipinski definition) is 1. The van der Waals surface area contributed by atoms with Crippen molar-refractivity contribution in [3.8, 4) is 0 Å². The Bertz CT molecular complexity index is 1350. The Morgan fingerprint density at radius 3 is 2.11 bits per heavy atom. The first-order chi connectivity index (χ1) is 17.5. The average molecular weight is 566 g/mol. The Morgan fingerprint density at radius 2 is 1.54 bits per heavy atom. The van der Waals surface area contributed by atoms with Gasteiger partial charge in [0.05, 0.1) is 11.9 Å². The van der Waals surface area contributed by atoms with E-state index in [0.717, 1.165) is 17.9 Å². The zero-order chi connectivity index (χ0) is 27.2. The SMILES string of the molecule is CNC(=O)C(Cc1ccccc1)N(Cc1c(Cl)cccc1Cl)C(=O)CN(c1ccccc1F)S(C)(=O)=O. The first-order valence-electron chi connectivity index (χ1n) is 11.2. The molecular formula is C26H26Cl2FN3O4S. The van der Waals surface area contributed by atoms with Gasteiger partial charge in [-0.25, -0.2) is 12.8 Å². The van der Waals surface area contributed by atoms with Crippen LogP contribution < -0.4 is 9.62 Å². The number of nitrogens with one attached hydrogen (secondary N) is 1. The van der Waals surface area contributed by atoms with E-state index in [9.17, 15) is 22.4 Å². The second-order valence-electron chi connectivity index (χ2n) is 8.26. The number of hydrogen-bond acceptors (Lipinski definition) is 4. The molecule has 3 rings (SSSR count). The maximum absolute atomic E-state index is 14.6. The number of likely N-dealkylation sites (N-methyl/N-ethyl adjacent to an activating group) is 1. The molecule has 0 saturated heterocycles. The first kappa shape index (κ1) is 28.4. The van der Waals surface area contributed by atoms with Crippen LogP contribution in [-0.4, -0.2) is 51.0 Å². The fourth-order valence-electron chi connectivity index (χ4n) is 3.82. The molecule has 0 heterocycles. The summed E-state index contributed by atoms with van der Waals surface area (Å²) in [5.41, 5.74) is 0.875. The van der Waals surface area contributed by atoms with Crippen LogP contribution >= 0.6 is 23.2 Å². The predicted molar refractivity (Wildman–Crippen MR) is 144 cm³/mol. The van der Waals surface area contributed by atoms with Crippen LogP contribution in [0.3, 0.4) is 0 Å². The van der Waals surface area contributed by atoms with Crippen molar-refractivity contribution in [1.29, 1.82) is 0 Å². The molecule has 196 valence electrons. The van der Waals surface area contributed by atoms with E-state index in [4.69, 9.17) is 23.2 Å². The molecule has 0 radical (unpaired) electrons. The van der Waals surface area contributed by atoms with Crippen LogP contribution in [0.4, 0.5) is 10.1 Å². The fourth-order valence-corrected chi connectivity index (χ4v) is 5.19. The third kappa shape index (κ3) is 7.21. The zero-order valence-corrected chi connectivity index (χ0v) is 22.5. The number of anilines is 1. The molecular weight excluding hydrogens is 540 g/mol. The van der Waals surface area contributed by atoms with Crippen LogP contribution in [0.25, 0.3) is 0 Å². The largest absolute Gasteiger partial charge is 0.357 e. The maximum Gasteiger partial charge on any atom is 0.244 e. The summed E-state index contributed by atoms with van der Waals surface area (Å²) in [4.78, 5) is 28.1. The first-order valence-corrected chi connectivity index (χ1v) is 13.8. The van der Waals surface area contributed by atoms with E-state index >= 15 is 0 Å². The van der Waals surface area contributed by atoms with E-state index in [2.05, 4.69) is 5.32 Å². The van der Waals surface area contributed by atoms with Crippen molar-refractivity contribution in [1.82, 2.24) is 10.2 Å². The quantitative estimate of drug-likeness (QED) is 0.397. The molecule has 0 bridgehead atoms. The van der Waals surface area contributed by atoms with Gasteiger partial charge >= 0.3 is 0 Å². The molecule has 0 aliphatic carbocycles. The number of para-hydroxylation sites is 1. The van der Waals surface area contributed by atoms with Crippen molar-refractivity contribution in [3.05, 3.63) is 99.8 Å². The van der Waals surface area contributed by atoms with Gasteiger partial charge in [0.1, 0.15) is 18.4 Å². The number of nitrogens with zero attached hydrogens (tertiary/aromatic N) is 2. The van der Waals surface area contributed by atoms with Gasteiger partial charge in [-0.3, -0.25) is 13.9 Å². The highest BCUT2D eigenvalue weighted by Gasteiger charge is 2.33. The topological polar surface area (TPSA) is 86.8 Å². The van der Waals surface area contributed by atoms with Gasteiger partial charge in [0.2, 0.25) is 21.8 Å². The van der Waals surface area contributed by atoms with E-state index in [1.807, 2.05) is 18.2 Å². The minimum absolute atomic E-state index is 0.132. The second kappa shape index (κ2) is 12.4. The van der Waals surface area contributed by atoms with Crippen molar-refractivity contribution in [3.63, 3.8) is 0 Å². The highest BCUT2D eigenvalue weighted by molar-refractivity contribution is 7.92. The number of benzene rings is 3. The van der Waals surface area contributed by atoms with E-state index in [1.165, 1.54) is 30.1 Å². The number of carbonyl (C=O) groups excluding carboxylic acids is 2. The number of rotatable bonds is 10. The molecule has 0 spiro atoms. The van der Waals surface area contributed by atoms with Crippen molar-refractivity contribution >= 4 is 50.7 Å². The molecule has 1 unspecified atom stereocenters. The third-order valence-corrected chi connectivity index (χ3v) is 7.54. The molecule has 37 heavy (non-hydrogen) atoms. The van der Waals surface area contributed by atoms with Crippen molar-refractivity contribution < 1.29 is 22.4 Å². The van der Waals surface area contributed by atoms with Gasteiger partial charge in [-0.05, 0) is 29.8 Å².